The summed E-state index contributed by atoms with van der Waals surface area (Å²) >= 11 is 0. The largest absolute Gasteiger partial charge is 0.356 e. The molecule has 0 aromatic heterocycles. The number of hydrogen-bond donors (Lipinski definition) is 0. The fraction of sp³-hybridized carbons (Fsp3) is 1.00. The van der Waals surface area contributed by atoms with Crippen molar-refractivity contribution in [1.29, 1.82) is 0 Å². The number of fused-ring (bicyclic) bond motifs is 2. The summed E-state index contributed by atoms with van der Waals surface area (Å²) in [6.07, 6.45) is 5.40. The Labute approximate surface area is 106 Å². The molecule has 0 spiro atoms. The fourth-order valence-electron chi connectivity index (χ4n) is 4.25. The van der Waals surface area contributed by atoms with Gasteiger partial charge in [-0.15, -0.1) is 0 Å². The van der Waals surface area contributed by atoms with Gasteiger partial charge in [-0.1, -0.05) is 20.8 Å². The van der Waals surface area contributed by atoms with Crippen molar-refractivity contribution in [3.63, 3.8) is 0 Å². The Morgan fingerprint density at radius 1 is 1.29 bits per heavy atom. The van der Waals surface area contributed by atoms with Crippen LogP contribution >= 0.6 is 0 Å². The van der Waals surface area contributed by atoms with Crippen LogP contribution in [0.25, 0.3) is 0 Å². The molecule has 0 radical (unpaired) electrons. The Balaban J connectivity index is 1.88. The van der Waals surface area contributed by atoms with E-state index in [2.05, 4.69) is 20.8 Å². The third-order valence-corrected chi connectivity index (χ3v) is 6.13. The third-order valence-electron chi connectivity index (χ3n) is 6.13. The van der Waals surface area contributed by atoms with Crippen molar-refractivity contribution in [2.75, 3.05) is 13.7 Å². The second-order valence-electron chi connectivity index (χ2n) is 6.77. The van der Waals surface area contributed by atoms with Gasteiger partial charge in [0.15, 0.2) is 6.29 Å². The average molecular weight is 240 g/mol. The average Bonchev–Trinajstić information content (AvgIpc) is 2.61. The lowest BCUT2D eigenvalue weighted by molar-refractivity contribution is -0.116. The molecule has 0 aromatic carbocycles. The molecule has 0 saturated heterocycles. The number of ether oxygens (including phenoxy) is 2. The lowest BCUT2D eigenvalue weighted by Gasteiger charge is -2.39. The normalized spacial score (nSPS) is 40.8. The van der Waals surface area contributed by atoms with Crippen molar-refractivity contribution >= 4 is 0 Å². The van der Waals surface area contributed by atoms with Crippen LogP contribution in [0.2, 0.25) is 0 Å². The molecule has 100 valence electrons. The van der Waals surface area contributed by atoms with Gasteiger partial charge in [0.1, 0.15) is 0 Å². The van der Waals surface area contributed by atoms with Crippen molar-refractivity contribution in [2.45, 2.75) is 59.7 Å². The zero-order chi connectivity index (χ0) is 12.7. The standard InChI is InChI=1S/C15H28O2/c1-11(16-5)17-9-7-13-10-12-6-8-15(13,4)14(12,2)3/h11-13H,6-10H2,1-5H3. The lowest BCUT2D eigenvalue weighted by atomic mass is 9.66. The molecule has 2 aliphatic carbocycles. The summed E-state index contributed by atoms with van der Waals surface area (Å²) in [7, 11) is 1.70. The van der Waals surface area contributed by atoms with E-state index in [1.165, 1.54) is 25.7 Å². The van der Waals surface area contributed by atoms with E-state index >= 15 is 0 Å². The molecule has 2 rings (SSSR count). The highest BCUT2D eigenvalue weighted by Gasteiger charge is 2.60. The Hall–Kier alpha value is -0.0800. The highest BCUT2D eigenvalue weighted by atomic mass is 16.7. The highest BCUT2D eigenvalue weighted by Crippen LogP contribution is 2.68. The molecule has 2 aliphatic rings. The first-order valence-electron chi connectivity index (χ1n) is 7.06. The molecule has 0 aliphatic heterocycles. The van der Waals surface area contributed by atoms with Gasteiger partial charge in [-0.3, -0.25) is 0 Å². The van der Waals surface area contributed by atoms with Gasteiger partial charge < -0.3 is 9.47 Å². The molecule has 0 aromatic rings. The van der Waals surface area contributed by atoms with Gasteiger partial charge in [-0.2, -0.15) is 0 Å². The van der Waals surface area contributed by atoms with Crippen LogP contribution in [-0.2, 0) is 9.47 Å². The molecule has 2 saturated carbocycles. The van der Waals surface area contributed by atoms with E-state index < -0.39 is 0 Å². The molecule has 2 fully saturated rings. The topological polar surface area (TPSA) is 18.5 Å². The summed E-state index contributed by atoms with van der Waals surface area (Å²) < 4.78 is 10.8. The van der Waals surface area contributed by atoms with E-state index in [-0.39, 0.29) is 6.29 Å². The van der Waals surface area contributed by atoms with Crippen molar-refractivity contribution in [2.24, 2.45) is 22.7 Å². The first kappa shape index (κ1) is 13.4. The molecule has 4 unspecified atom stereocenters. The SMILES string of the molecule is COC(C)OCCC1CC2CCC1(C)C2(C)C. The summed E-state index contributed by atoms with van der Waals surface area (Å²) in [4.78, 5) is 0. The van der Waals surface area contributed by atoms with Crippen LogP contribution in [-0.4, -0.2) is 20.0 Å². The van der Waals surface area contributed by atoms with E-state index in [0.29, 0.717) is 10.8 Å². The monoisotopic (exact) mass is 240 g/mol. The van der Waals surface area contributed by atoms with E-state index in [0.717, 1.165) is 18.4 Å². The van der Waals surface area contributed by atoms with Gasteiger partial charge in [0.25, 0.3) is 0 Å². The number of rotatable bonds is 5. The molecule has 17 heavy (non-hydrogen) atoms. The zero-order valence-electron chi connectivity index (χ0n) is 12.1. The van der Waals surface area contributed by atoms with Crippen molar-refractivity contribution in [3.05, 3.63) is 0 Å². The molecule has 0 heterocycles. The van der Waals surface area contributed by atoms with Crippen LogP contribution in [0.3, 0.4) is 0 Å². The Bertz CT molecular complexity index is 274. The summed E-state index contributed by atoms with van der Waals surface area (Å²) in [5.74, 6) is 1.79. The van der Waals surface area contributed by atoms with Gasteiger partial charge in [-0.05, 0) is 55.3 Å². The van der Waals surface area contributed by atoms with Gasteiger partial charge >= 0.3 is 0 Å². The van der Waals surface area contributed by atoms with E-state index in [4.69, 9.17) is 9.47 Å². The quantitative estimate of drug-likeness (QED) is 0.680. The molecule has 0 amide bonds. The van der Waals surface area contributed by atoms with Gasteiger partial charge in [0.2, 0.25) is 0 Å². The molecular weight excluding hydrogens is 212 g/mol. The predicted molar refractivity (Wildman–Crippen MR) is 69.8 cm³/mol. The first-order valence-corrected chi connectivity index (χ1v) is 7.06. The van der Waals surface area contributed by atoms with Crippen LogP contribution in [0.4, 0.5) is 0 Å². The summed E-state index contributed by atoms with van der Waals surface area (Å²) in [5.41, 5.74) is 1.07. The van der Waals surface area contributed by atoms with Crippen molar-refractivity contribution < 1.29 is 9.47 Å². The minimum Gasteiger partial charge on any atom is -0.356 e. The first-order chi connectivity index (χ1) is 7.91. The Morgan fingerprint density at radius 3 is 2.47 bits per heavy atom. The van der Waals surface area contributed by atoms with Crippen LogP contribution in [0.5, 0.6) is 0 Å². The minimum atomic E-state index is -0.0607. The van der Waals surface area contributed by atoms with Gasteiger partial charge in [0, 0.05) is 13.7 Å². The van der Waals surface area contributed by atoms with Crippen molar-refractivity contribution in [3.8, 4) is 0 Å². The maximum atomic E-state index is 5.65. The van der Waals surface area contributed by atoms with Gasteiger partial charge in [0.05, 0.1) is 0 Å². The molecular formula is C15H28O2. The van der Waals surface area contributed by atoms with Crippen LogP contribution < -0.4 is 0 Å². The van der Waals surface area contributed by atoms with E-state index in [1.807, 2.05) is 6.92 Å². The second-order valence-corrected chi connectivity index (χ2v) is 6.77. The van der Waals surface area contributed by atoms with Crippen molar-refractivity contribution in [1.82, 2.24) is 0 Å². The smallest absolute Gasteiger partial charge is 0.154 e. The van der Waals surface area contributed by atoms with E-state index in [1.54, 1.807) is 7.11 Å². The predicted octanol–water partition coefficient (Wildman–Crippen LogP) is 3.85. The summed E-state index contributed by atoms with van der Waals surface area (Å²) in [6.45, 7) is 10.3. The van der Waals surface area contributed by atoms with E-state index in [9.17, 15) is 0 Å². The minimum absolute atomic E-state index is 0.0607. The zero-order valence-corrected chi connectivity index (χ0v) is 12.1. The molecule has 2 heteroatoms. The maximum absolute atomic E-state index is 5.65. The molecule has 4 atom stereocenters. The lowest BCUT2D eigenvalue weighted by Crippen LogP contribution is -2.33. The Morgan fingerprint density at radius 2 is 2.00 bits per heavy atom. The van der Waals surface area contributed by atoms with Gasteiger partial charge in [-0.25, -0.2) is 0 Å². The molecule has 0 N–H and O–H groups in total. The second kappa shape index (κ2) is 4.55. The molecule has 2 bridgehead atoms. The summed E-state index contributed by atoms with van der Waals surface area (Å²) in [6, 6.07) is 0. The van der Waals surface area contributed by atoms with Crippen LogP contribution in [0.15, 0.2) is 0 Å². The highest BCUT2D eigenvalue weighted by molar-refractivity contribution is 5.09. The Kier molecular flexibility index (Phi) is 3.57. The number of hydrogen-bond acceptors (Lipinski definition) is 2. The maximum Gasteiger partial charge on any atom is 0.154 e. The number of methoxy groups -OCH3 is 1. The summed E-state index contributed by atoms with van der Waals surface area (Å²) in [5, 5.41) is 0. The molecule has 2 nitrogen and oxygen atoms in total. The fourth-order valence-corrected chi connectivity index (χ4v) is 4.25. The van der Waals surface area contributed by atoms with Crippen LogP contribution in [0.1, 0.15) is 53.4 Å². The third kappa shape index (κ3) is 2.04. The van der Waals surface area contributed by atoms with Crippen LogP contribution in [0, 0.1) is 22.7 Å².